The van der Waals surface area contributed by atoms with Gasteiger partial charge in [-0.15, -0.1) is 0 Å². The first kappa shape index (κ1) is 16.2. The smallest absolute Gasteiger partial charge is 0.191 e. The number of nitrogens with one attached hydrogen (secondary N) is 2. The van der Waals surface area contributed by atoms with Crippen molar-refractivity contribution in [1.29, 1.82) is 0 Å². The average Bonchev–Trinajstić information content (AvgIpc) is 3.14. The monoisotopic (exact) mass is 319 g/mol. The number of nitrogens with zero attached hydrogens (tertiary/aromatic N) is 1. The highest BCUT2D eigenvalue weighted by atomic mass is 19.1. The number of hydrogen-bond acceptors (Lipinski definition) is 2. The second kappa shape index (κ2) is 6.48. The van der Waals surface area contributed by atoms with E-state index in [1.54, 1.807) is 19.2 Å². The van der Waals surface area contributed by atoms with Gasteiger partial charge < -0.3 is 15.4 Å². The SMILES string of the molecule is CN=C(NCC(C)(C)c1cccc(F)c1)NC1CC2CCC1O2. The largest absolute Gasteiger partial charge is 0.373 e. The predicted molar refractivity (Wildman–Crippen MR) is 90.2 cm³/mol. The van der Waals surface area contributed by atoms with Crippen LogP contribution in [0, 0.1) is 5.82 Å². The summed E-state index contributed by atoms with van der Waals surface area (Å²) in [4.78, 5) is 4.31. The number of fused-ring (bicyclic) bond motifs is 2. The highest BCUT2D eigenvalue weighted by Gasteiger charge is 2.41. The zero-order chi connectivity index (χ0) is 16.4. The lowest BCUT2D eigenvalue weighted by molar-refractivity contribution is 0.0992. The van der Waals surface area contributed by atoms with Crippen molar-refractivity contribution < 1.29 is 9.13 Å². The first-order valence-corrected chi connectivity index (χ1v) is 8.36. The topological polar surface area (TPSA) is 45.7 Å². The van der Waals surface area contributed by atoms with Crippen LogP contribution in [0.3, 0.4) is 0 Å². The molecule has 1 aromatic rings. The molecule has 5 heteroatoms. The third kappa shape index (κ3) is 3.66. The quantitative estimate of drug-likeness (QED) is 0.662. The Labute approximate surface area is 137 Å². The van der Waals surface area contributed by atoms with Crippen LogP contribution in [0.15, 0.2) is 29.3 Å². The Morgan fingerprint density at radius 2 is 2.22 bits per heavy atom. The number of aliphatic imine (C=N–C) groups is 1. The van der Waals surface area contributed by atoms with Gasteiger partial charge in [0, 0.05) is 19.0 Å². The van der Waals surface area contributed by atoms with Gasteiger partial charge in [0.2, 0.25) is 0 Å². The van der Waals surface area contributed by atoms with Crippen LogP contribution < -0.4 is 10.6 Å². The molecule has 2 saturated heterocycles. The summed E-state index contributed by atoms with van der Waals surface area (Å²) in [5.41, 5.74) is 0.786. The van der Waals surface area contributed by atoms with Gasteiger partial charge in [-0.25, -0.2) is 4.39 Å². The summed E-state index contributed by atoms with van der Waals surface area (Å²) < 4.78 is 19.3. The van der Waals surface area contributed by atoms with Gasteiger partial charge in [0.15, 0.2) is 5.96 Å². The number of halogens is 1. The van der Waals surface area contributed by atoms with E-state index in [9.17, 15) is 4.39 Å². The molecule has 3 atom stereocenters. The van der Waals surface area contributed by atoms with E-state index in [1.165, 1.54) is 12.5 Å². The molecule has 126 valence electrons. The highest BCUT2D eigenvalue weighted by molar-refractivity contribution is 5.80. The molecule has 0 amide bonds. The second-order valence-electron chi connectivity index (χ2n) is 7.18. The van der Waals surface area contributed by atoms with Crippen molar-refractivity contribution in [2.24, 2.45) is 4.99 Å². The summed E-state index contributed by atoms with van der Waals surface area (Å²) in [6.07, 6.45) is 4.10. The van der Waals surface area contributed by atoms with Crippen molar-refractivity contribution in [3.8, 4) is 0 Å². The van der Waals surface area contributed by atoms with E-state index in [1.807, 2.05) is 6.07 Å². The lowest BCUT2D eigenvalue weighted by Gasteiger charge is -2.28. The van der Waals surface area contributed by atoms with Crippen LogP contribution >= 0.6 is 0 Å². The van der Waals surface area contributed by atoms with E-state index >= 15 is 0 Å². The highest BCUT2D eigenvalue weighted by Crippen LogP contribution is 2.34. The second-order valence-corrected chi connectivity index (χ2v) is 7.18. The molecule has 0 saturated carbocycles. The van der Waals surface area contributed by atoms with Gasteiger partial charge in [0.05, 0.1) is 18.2 Å². The third-order valence-corrected chi connectivity index (χ3v) is 4.96. The Balaban J connectivity index is 1.57. The minimum absolute atomic E-state index is 0.190. The molecule has 1 aromatic carbocycles. The maximum Gasteiger partial charge on any atom is 0.191 e. The van der Waals surface area contributed by atoms with Gasteiger partial charge in [-0.05, 0) is 37.0 Å². The van der Waals surface area contributed by atoms with E-state index in [2.05, 4.69) is 29.5 Å². The van der Waals surface area contributed by atoms with Gasteiger partial charge in [-0.2, -0.15) is 0 Å². The molecule has 0 spiro atoms. The van der Waals surface area contributed by atoms with Gasteiger partial charge in [-0.3, -0.25) is 4.99 Å². The number of benzene rings is 1. The van der Waals surface area contributed by atoms with Crippen molar-refractivity contribution in [2.75, 3.05) is 13.6 Å². The summed E-state index contributed by atoms with van der Waals surface area (Å²) in [7, 11) is 1.78. The number of ether oxygens (including phenoxy) is 1. The fraction of sp³-hybridized carbons (Fsp3) is 0.611. The molecule has 2 N–H and O–H groups in total. The lowest BCUT2D eigenvalue weighted by Crippen LogP contribution is -2.49. The Morgan fingerprint density at radius 3 is 2.83 bits per heavy atom. The molecule has 3 unspecified atom stereocenters. The summed E-state index contributed by atoms with van der Waals surface area (Å²) in [6.45, 7) is 4.88. The van der Waals surface area contributed by atoms with Crippen LogP contribution in [-0.2, 0) is 10.2 Å². The predicted octanol–water partition coefficient (Wildman–Crippen LogP) is 2.59. The molecule has 23 heavy (non-hydrogen) atoms. The summed E-state index contributed by atoms with van der Waals surface area (Å²) >= 11 is 0. The Hall–Kier alpha value is -1.62. The molecule has 2 heterocycles. The van der Waals surface area contributed by atoms with E-state index in [4.69, 9.17) is 4.74 Å². The molecular formula is C18H26FN3O. The zero-order valence-corrected chi connectivity index (χ0v) is 14.1. The Morgan fingerprint density at radius 1 is 1.39 bits per heavy atom. The maximum atomic E-state index is 13.4. The van der Waals surface area contributed by atoms with Gasteiger partial charge in [0.1, 0.15) is 5.82 Å². The van der Waals surface area contributed by atoms with E-state index in [-0.39, 0.29) is 11.2 Å². The van der Waals surface area contributed by atoms with Gasteiger partial charge >= 0.3 is 0 Å². The van der Waals surface area contributed by atoms with Crippen LogP contribution in [0.5, 0.6) is 0 Å². The molecule has 0 aliphatic carbocycles. The molecule has 2 aliphatic heterocycles. The molecule has 4 nitrogen and oxygen atoms in total. The van der Waals surface area contributed by atoms with Crippen molar-refractivity contribution in [1.82, 2.24) is 10.6 Å². The summed E-state index contributed by atoms with van der Waals surface area (Å²) in [5, 5.41) is 6.85. The van der Waals surface area contributed by atoms with Gasteiger partial charge in [-0.1, -0.05) is 26.0 Å². The van der Waals surface area contributed by atoms with Crippen LogP contribution in [0.25, 0.3) is 0 Å². The van der Waals surface area contributed by atoms with Gasteiger partial charge in [0.25, 0.3) is 0 Å². The minimum Gasteiger partial charge on any atom is -0.373 e. The van der Waals surface area contributed by atoms with Crippen molar-refractivity contribution >= 4 is 5.96 Å². The fourth-order valence-corrected chi connectivity index (χ4v) is 3.48. The molecule has 2 aliphatic rings. The van der Waals surface area contributed by atoms with Crippen LogP contribution in [0.1, 0.15) is 38.7 Å². The molecule has 0 radical (unpaired) electrons. The zero-order valence-electron chi connectivity index (χ0n) is 14.1. The normalized spacial score (nSPS) is 27.3. The van der Waals surface area contributed by atoms with Crippen molar-refractivity contribution in [2.45, 2.75) is 56.8 Å². The van der Waals surface area contributed by atoms with Crippen molar-refractivity contribution in [3.05, 3.63) is 35.6 Å². The standard InChI is InChI=1S/C18H26FN3O/c1-18(2,12-5-4-6-13(19)9-12)11-21-17(20-3)22-15-10-14-7-8-16(15)23-14/h4-6,9,14-16H,7-8,10-11H2,1-3H3,(H2,20,21,22). The maximum absolute atomic E-state index is 13.4. The van der Waals surface area contributed by atoms with E-state index in [0.717, 1.165) is 24.4 Å². The summed E-state index contributed by atoms with van der Waals surface area (Å²) in [6, 6.07) is 7.14. The molecule has 2 fully saturated rings. The molecule has 3 rings (SSSR count). The first-order chi connectivity index (χ1) is 11.0. The van der Waals surface area contributed by atoms with E-state index in [0.29, 0.717) is 24.8 Å². The number of rotatable bonds is 4. The molecule has 0 aromatic heterocycles. The van der Waals surface area contributed by atoms with Crippen molar-refractivity contribution in [3.63, 3.8) is 0 Å². The van der Waals surface area contributed by atoms with Crippen LogP contribution in [0.4, 0.5) is 4.39 Å². The minimum atomic E-state index is -0.197. The molecular weight excluding hydrogens is 293 g/mol. The average molecular weight is 319 g/mol. The van der Waals surface area contributed by atoms with E-state index < -0.39 is 0 Å². The Bertz CT molecular complexity index is 587. The summed E-state index contributed by atoms with van der Waals surface area (Å²) in [5.74, 6) is 0.591. The third-order valence-electron chi connectivity index (χ3n) is 4.96. The molecule has 2 bridgehead atoms. The van der Waals surface area contributed by atoms with Crippen LogP contribution in [-0.4, -0.2) is 37.8 Å². The lowest BCUT2D eigenvalue weighted by atomic mass is 9.84. The number of guanidine groups is 1. The Kier molecular flexibility index (Phi) is 4.57. The first-order valence-electron chi connectivity index (χ1n) is 8.36. The van der Waals surface area contributed by atoms with Crippen LogP contribution in [0.2, 0.25) is 0 Å². The fourth-order valence-electron chi connectivity index (χ4n) is 3.48. The number of hydrogen-bond donors (Lipinski definition) is 2.